The highest BCUT2D eigenvalue weighted by atomic mass is 35.5. The maximum atomic E-state index is 6.02. The molecule has 0 radical (unpaired) electrons. The Balaban J connectivity index is 2.22. The molecule has 0 bridgehead atoms. The summed E-state index contributed by atoms with van der Waals surface area (Å²) in [6.07, 6.45) is 5.53. The van der Waals surface area contributed by atoms with Gasteiger partial charge in [-0.15, -0.1) is 0 Å². The van der Waals surface area contributed by atoms with E-state index in [0.29, 0.717) is 17.1 Å². The molecule has 1 aromatic carbocycles. The van der Waals surface area contributed by atoms with E-state index >= 15 is 0 Å². The lowest BCUT2D eigenvalue weighted by Crippen LogP contribution is -2.31. The molecular formula is C14H20ClN5. The van der Waals surface area contributed by atoms with Crippen LogP contribution in [-0.2, 0) is 13.0 Å². The average molecular weight is 294 g/mol. The number of imidazole rings is 1. The molecule has 6 heteroatoms. The molecule has 1 unspecified atom stereocenters. The third-order valence-corrected chi connectivity index (χ3v) is 3.51. The van der Waals surface area contributed by atoms with Gasteiger partial charge in [0.1, 0.15) is 5.82 Å². The molecule has 1 aromatic heterocycles. The third-order valence-electron chi connectivity index (χ3n) is 3.28. The summed E-state index contributed by atoms with van der Waals surface area (Å²) >= 11 is 5.93. The Morgan fingerprint density at radius 1 is 1.45 bits per heavy atom. The number of nitrogens with zero attached hydrogens (tertiary/aromatic N) is 2. The predicted molar refractivity (Wildman–Crippen MR) is 82.2 cm³/mol. The fraction of sp³-hybridized carbons (Fsp3) is 0.357. The summed E-state index contributed by atoms with van der Waals surface area (Å²) < 4.78 is 2.14. The van der Waals surface area contributed by atoms with Gasteiger partial charge >= 0.3 is 0 Å². The van der Waals surface area contributed by atoms with Crippen molar-refractivity contribution in [2.45, 2.75) is 32.4 Å². The summed E-state index contributed by atoms with van der Waals surface area (Å²) in [5, 5.41) is 0.620. The average Bonchev–Trinajstić information content (AvgIpc) is 2.84. The summed E-state index contributed by atoms with van der Waals surface area (Å²) in [6.45, 7) is 3.09. The van der Waals surface area contributed by atoms with Crippen LogP contribution in [0.15, 0.2) is 30.6 Å². The van der Waals surface area contributed by atoms with Gasteiger partial charge in [-0.05, 0) is 24.1 Å². The van der Waals surface area contributed by atoms with Crippen molar-refractivity contribution >= 4 is 17.3 Å². The highest BCUT2D eigenvalue weighted by Crippen LogP contribution is 2.25. The van der Waals surface area contributed by atoms with E-state index in [2.05, 4.69) is 21.9 Å². The minimum atomic E-state index is -0.0923. The number of hydrogen-bond donors (Lipinski definition) is 3. The zero-order valence-corrected chi connectivity index (χ0v) is 12.3. The molecule has 2 aromatic rings. The number of hydrogen-bond acceptors (Lipinski definition) is 4. The number of aryl methyl sites for hydroxylation is 1. The van der Waals surface area contributed by atoms with Crippen molar-refractivity contribution < 1.29 is 0 Å². The Morgan fingerprint density at radius 3 is 2.90 bits per heavy atom. The molecule has 20 heavy (non-hydrogen) atoms. The largest absolute Gasteiger partial charge is 0.398 e. The van der Waals surface area contributed by atoms with Crippen LogP contribution in [0.4, 0.5) is 5.69 Å². The Hall–Kier alpha value is -1.56. The van der Waals surface area contributed by atoms with E-state index in [1.165, 1.54) is 0 Å². The lowest BCUT2D eigenvalue weighted by atomic mass is 10.0. The lowest BCUT2D eigenvalue weighted by molar-refractivity contribution is 0.518. The molecule has 0 aliphatic heterocycles. The summed E-state index contributed by atoms with van der Waals surface area (Å²) in [5.74, 6) is 6.67. The molecule has 1 atom stereocenters. The molecule has 5 nitrogen and oxygen atoms in total. The summed E-state index contributed by atoms with van der Waals surface area (Å²) in [6, 6.07) is 5.36. The Bertz CT molecular complexity index is 566. The van der Waals surface area contributed by atoms with Gasteiger partial charge in [0.05, 0.1) is 6.04 Å². The van der Waals surface area contributed by atoms with Crippen molar-refractivity contribution in [3.63, 3.8) is 0 Å². The van der Waals surface area contributed by atoms with E-state index < -0.39 is 0 Å². The van der Waals surface area contributed by atoms with Gasteiger partial charge in [-0.1, -0.05) is 24.6 Å². The van der Waals surface area contributed by atoms with Crippen LogP contribution in [0.5, 0.6) is 0 Å². The minimum absolute atomic E-state index is 0.0923. The van der Waals surface area contributed by atoms with Gasteiger partial charge in [0.25, 0.3) is 0 Å². The van der Waals surface area contributed by atoms with Crippen molar-refractivity contribution in [3.8, 4) is 0 Å². The summed E-state index contributed by atoms with van der Waals surface area (Å²) in [7, 11) is 0. The van der Waals surface area contributed by atoms with Crippen LogP contribution < -0.4 is 17.0 Å². The van der Waals surface area contributed by atoms with Crippen LogP contribution in [0.25, 0.3) is 0 Å². The first-order valence-electron chi connectivity index (χ1n) is 6.66. The zero-order chi connectivity index (χ0) is 14.5. The van der Waals surface area contributed by atoms with Crippen molar-refractivity contribution in [1.29, 1.82) is 0 Å². The summed E-state index contributed by atoms with van der Waals surface area (Å²) in [4.78, 5) is 4.40. The molecule has 108 valence electrons. The fourth-order valence-electron chi connectivity index (χ4n) is 2.28. The first kappa shape index (κ1) is 14.8. The van der Waals surface area contributed by atoms with Crippen LogP contribution in [0.1, 0.15) is 30.8 Å². The lowest BCUT2D eigenvalue weighted by Gasteiger charge is -2.19. The number of benzene rings is 1. The van der Waals surface area contributed by atoms with Crippen molar-refractivity contribution in [2.75, 3.05) is 5.73 Å². The Kier molecular flexibility index (Phi) is 5.00. The number of nitrogen functional groups attached to an aromatic ring is 1. The topological polar surface area (TPSA) is 81.9 Å². The highest BCUT2D eigenvalue weighted by molar-refractivity contribution is 6.30. The second kappa shape index (κ2) is 6.74. The van der Waals surface area contributed by atoms with Crippen LogP contribution in [0, 0.1) is 0 Å². The summed E-state index contributed by atoms with van der Waals surface area (Å²) in [5.41, 5.74) is 10.4. The van der Waals surface area contributed by atoms with Gasteiger partial charge in [0.15, 0.2) is 0 Å². The molecule has 0 aliphatic carbocycles. The number of hydrazine groups is 1. The molecule has 0 saturated carbocycles. The fourth-order valence-corrected chi connectivity index (χ4v) is 2.46. The van der Waals surface area contributed by atoms with E-state index in [1.807, 2.05) is 24.5 Å². The van der Waals surface area contributed by atoms with E-state index in [4.69, 9.17) is 23.2 Å². The van der Waals surface area contributed by atoms with E-state index in [1.54, 1.807) is 6.07 Å². The molecular weight excluding hydrogens is 274 g/mol. The number of nitrogens with two attached hydrogens (primary N) is 2. The molecule has 0 amide bonds. The van der Waals surface area contributed by atoms with E-state index in [-0.39, 0.29) is 6.04 Å². The molecule has 2 rings (SSSR count). The van der Waals surface area contributed by atoms with Crippen molar-refractivity contribution in [3.05, 3.63) is 47.0 Å². The molecule has 0 aliphatic rings. The molecule has 0 fully saturated rings. The van der Waals surface area contributed by atoms with E-state index in [9.17, 15) is 0 Å². The molecule has 0 spiro atoms. The smallest absolute Gasteiger partial charge is 0.110 e. The first-order chi connectivity index (χ1) is 9.65. The van der Waals surface area contributed by atoms with Crippen LogP contribution in [-0.4, -0.2) is 9.55 Å². The van der Waals surface area contributed by atoms with Crippen LogP contribution >= 0.6 is 11.6 Å². The maximum Gasteiger partial charge on any atom is 0.110 e. The molecule has 5 N–H and O–H groups in total. The van der Waals surface area contributed by atoms with Crippen LogP contribution in [0.3, 0.4) is 0 Å². The molecule has 0 saturated heterocycles. The van der Waals surface area contributed by atoms with Gasteiger partial charge in [-0.2, -0.15) is 0 Å². The van der Waals surface area contributed by atoms with Crippen molar-refractivity contribution in [1.82, 2.24) is 15.0 Å². The number of halogens is 1. The maximum absolute atomic E-state index is 6.02. The second-order valence-corrected chi connectivity index (χ2v) is 5.17. The molecule has 1 heterocycles. The second-order valence-electron chi connectivity index (χ2n) is 4.73. The zero-order valence-electron chi connectivity index (χ0n) is 11.5. The van der Waals surface area contributed by atoms with Gasteiger partial charge in [0.2, 0.25) is 0 Å². The minimum Gasteiger partial charge on any atom is -0.398 e. The SMILES string of the molecule is CCCn1ccnc1CC(NN)c1ccc(Cl)cc1N. The third kappa shape index (κ3) is 3.30. The predicted octanol–water partition coefficient (Wildman–Crippen LogP) is 2.28. The highest BCUT2D eigenvalue weighted by Gasteiger charge is 2.16. The van der Waals surface area contributed by atoms with Crippen LogP contribution in [0.2, 0.25) is 5.02 Å². The number of nitrogens with one attached hydrogen (secondary N) is 1. The first-order valence-corrected chi connectivity index (χ1v) is 7.04. The van der Waals surface area contributed by atoms with Gasteiger partial charge in [-0.3, -0.25) is 11.3 Å². The van der Waals surface area contributed by atoms with Crippen molar-refractivity contribution in [2.24, 2.45) is 5.84 Å². The van der Waals surface area contributed by atoms with E-state index in [0.717, 1.165) is 24.4 Å². The quantitative estimate of drug-likeness (QED) is 0.433. The number of anilines is 1. The Morgan fingerprint density at radius 2 is 2.25 bits per heavy atom. The number of rotatable bonds is 6. The standard InChI is InChI=1S/C14H20ClN5/c1-2-6-20-7-5-18-14(20)9-13(19-17)11-4-3-10(15)8-12(11)16/h3-5,7-8,13,19H,2,6,9,16-17H2,1H3. The number of aromatic nitrogens is 2. The monoisotopic (exact) mass is 293 g/mol. The Labute approximate surface area is 123 Å². The van der Waals surface area contributed by atoms with Gasteiger partial charge < -0.3 is 10.3 Å². The van der Waals surface area contributed by atoms with Gasteiger partial charge in [0, 0.05) is 36.1 Å². The van der Waals surface area contributed by atoms with Gasteiger partial charge in [-0.25, -0.2) is 4.98 Å². The normalized spacial score (nSPS) is 12.6.